The molecule has 2 aliphatic heterocycles. The maximum atomic E-state index is 12.5. The molecular weight excluding hydrogens is 330 g/mol. The highest BCUT2D eigenvalue weighted by molar-refractivity contribution is 6.04. The van der Waals surface area contributed by atoms with Crippen LogP contribution in [0, 0.1) is 0 Å². The smallest absolute Gasteiger partial charge is 0.272 e. The van der Waals surface area contributed by atoms with Gasteiger partial charge in [0.15, 0.2) is 5.69 Å². The van der Waals surface area contributed by atoms with Gasteiger partial charge in [-0.1, -0.05) is 18.2 Å². The summed E-state index contributed by atoms with van der Waals surface area (Å²) in [4.78, 5) is 26.7. The number of carbonyl (C=O) groups excluding carboxylic acids is 2. The Labute approximate surface area is 152 Å². The summed E-state index contributed by atoms with van der Waals surface area (Å²) in [7, 11) is 1.89. The zero-order chi connectivity index (χ0) is 18.1. The molecule has 2 aromatic rings. The molecule has 2 bridgehead atoms. The molecule has 7 heteroatoms. The molecule has 2 amide bonds. The Hall–Kier alpha value is -2.41. The van der Waals surface area contributed by atoms with E-state index < -0.39 is 0 Å². The first-order chi connectivity index (χ1) is 12.6. The van der Waals surface area contributed by atoms with Gasteiger partial charge in [-0.25, -0.2) is 0 Å². The second-order valence-electron chi connectivity index (χ2n) is 7.39. The number of hydrogen-bond acceptors (Lipinski definition) is 4. The number of para-hydroxylation sites is 1. The number of hydrogen-bond donors (Lipinski definition) is 3. The monoisotopic (exact) mass is 355 g/mol. The molecule has 7 nitrogen and oxygen atoms in total. The van der Waals surface area contributed by atoms with E-state index >= 15 is 0 Å². The maximum absolute atomic E-state index is 12.5. The van der Waals surface area contributed by atoms with Crippen LogP contribution in [0.25, 0.3) is 10.9 Å². The molecule has 0 saturated carbocycles. The van der Waals surface area contributed by atoms with Crippen molar-refractivity contribution in [3.8, 4) is 0 Å². The van der Waals surface area contributed by atoms with Gasteiger partial charge in [-0.2, -0.15) is 5.10 Å². The predicted molar refractivity (Wildman–Crippen MR) is 98.8 cm³/mol. The van der Waals surface area contributed by atoms with Crippen molar-refractivity contribution >= 4 is 22.7 Å². The Balaban J connectivity index is 1.28. The highest BCUT2D eigenvalue weighted by Gasteiger charge is 2.36. The maximum Gasteiger partial charge on any atom is 0.272 e. The Morgan fingerprint density at radius 2 is 1.96 bits per heavy atom. The van der Waals surface area contributed by atoms with Crippen molar-refractivity contribution in [1.29, 1.82) is 0 Å². The fourth-order valence-electron chi connectivity index (χ4n) is 4.23. The zero-order valence-corrected chi connectivity index (χ0v) is 15.0. The predicted octanol–water partition coefficient (Wildman–Crippen LogP) is 1.42. The molecule has 3 heterocycles. The molecule has 0 spiro atoms. The summed E-state index contributed by atoms with van der Waals surface area (Å²) >= 11 is 0. The molecule has 2 aliphatic rings. The number of aromatic amines is 1. The van der Waals surface area contributed by atoms with Crippen LogP contribution in [0.2, 0.25) is 0 Å². The lowest BCUT2D eigenvalue weighted by Gasteiger charge is -2.35. The van der Waals surface area contributed by atoms with E-state index in [1.165, 1.54) is 12.8 Å². The first-order valence-corrected chi connectivity index (χ1v) is 9.35. The molecule has 2 unspecified atom stereocenters. The average molecular weight is 355 g/mol. The van der Waals surface area contributed by atoms with Gasteiger partial charge in [0, 0.05) is 43.5 Å². The van der Waals surface area contributed by atoms with Crippen LogP contribution in [0.3, 0.4) is 0 Å². The molecule has 0 radical (unpaired) electrons. The van der Waals surface area contributed by atoms with Crippen LogP contribution in [-0.4, -0.2) is 58.6 Å². The number of nitrogens with zero attached hydrogens (tertiary/aromatic N) is 2. The molecule has 1 aromatic heterocycles. The molecule has 4 rings (SSSR count). The number of aromatic nitrogens is 2. The van der Waals surface area contributed by atoms with E-state index in [-0.39, 0.29) is 11.8 Å². The number of piperidine rings is 1. The Morgan fingerprint density at radius 1 is 1.23 bits per heavy atom. The number of rotatable bonds is 5. The van der Waals surface area contributed by atoms with Gasteiger partial charge in [-0.05, 0) is 31.7 Å². The summed E-state index contributed by atoms with van der Waals surface area (Å²) in [6.45, 7) is 0.320. The second-order valence-corrected chi connectivity index (χ2v) is 7.39. The number of nitrogens with one attached hydrogen (secondary N) is 3. The third-order valence-corrected chi connectivity index (χ3v) is 5.70. The van der Waals surface area contributed by atoms with Gasteiger partial charge in [0.1, 0.15) is 0 Å². The van der Waals surface area contributed by atoms with Crippen LogP contribution in [0.1, 0.15) is 42.6 Å². The van der Waals surface area contributed by atoms with E-state index in [0.717, 1.165) is 23.7 Å². The minimum absolute atomic E-state index is 0.0866. The zero-order valence-electron chi connectivity index (χ0n) is 15.0. The molecule has 2 atom stereocenters. The number of benzene rings is 1. The lowest BCUT2D eigenvalue weighted by molar-refractivity contribution is -0.132. The number of H-pyrrole nitrogens is 1. The van der Waals surface area contributed by atoms with Crippen LogP contribution < -0.4 is 10.6 Å². The van der Waals surface area contributed by atoms with E-state index in [1.54, 1.807) is 0 Å². The van der Waals surface area contributed by atoms with Crippen LogP contribution >= 0.6 is 0 Å². The molecular formula is C19H25N5O2. The Kier molecular flexibility index (Phi) is 4.63. The summed E-state index contributed by atoms with van der Waals surface area (Å²) in [5.74, 6) is -0.165. The van der Waals surface area contributed by atoms with E-state index in [4.69, 9.17) is 0 Å². The highest BCUT2D eigenvalue weighted by Crippen LogP contribution is 2.29. The van der Waals surface area contributed by atoms with Crippen molar-refractivity contribution < 1.29 is 9.59 Å². The number of amides is 2. The first kappa shape index (κ1) is 17.0. The molecule has 2 fully saturated rings. The molecule has 1 aromatic carbocycles. The van der Waals surface area contributed by atoms with Crippen molar-refractivity contribution in [2.45, 2.75) is 50.2 Å². The van der Waals surface area contributed by atoms with Crippen molar-refractivity contribution in [2.75, 3.05) is 13.6 Å². The van der Waals surface area contributed by atoms with E-state index in [9.17, 15) is 9.59 Å². The van der Waals surface area contributed by atoms with Crippen molar-refractivity contribution in [2.24, 2.45) is 0 Å². The fourth-order valence-corrected chi connectivity index (χ4v) is 4.23. The number of carbonyl (C=O) groups is 2. The largest absolute Gasteiger partial charge is 0.350 e. The minimum atomic E-state index is -0.252. The standard InChI is InChI=1S/C19H25N5O2/c1-24(14-10-12-6-7-13(11-14)21-12)17(25)8-9-20-19(26)18-15-4-2-3-5-16(15)22-23-18/h2-5,12-14,21H,6-11H2,1H3,(H,20,26)(H,22,23). The van der Waals surface area contributed by atoms with Crippen LogP contribution in [-0.2, 0) is 4.79 Å². The first-order valence-electron chi connectivity index (χ1n) is 9.35. The fraction of sp³-hybridized carbons (Fsp3) is 0.526. The summed E-state index contributed by atoms with van der Waals surface area (Å²) in [5.41, 5.74) is 1.20. The second kappa shape index (κ2) is 7.07. The van der Waals surface area contributed by atoms with Gasteiger partial charge >= 0.3 is 0 Å². The average Bonchev–Trinajstić information content (AvgIpc) is 3.23. The Morgan fingerprint density at radius 3 is 2.73 bits per heavy atom. The van der Waals surface area contributed by atoms with Gasteiger partial charge in [-0.3, -0.25) is 14.7 Å². The summed E-state index contributed by atoms with van der Waals surface area (Å²) in [6, 6.07) is 8.93. The quantitative estimate of drug-likeness (QED) is 0.757. The molecule has 3 N–H and O–H groups in total. The van der Waals surface area contributed by atoms with Gasteiger partial charge in [0.2, 0.25) is 5.91 Å². The molecule has 2 saturated heterocycles. The van der Waals surface area contributed by atoms with Gasteiger partial charge < -0.3 is 15.5 Å². The van der Waals surface area contributed by atoms with Crippen LogP contribution in [0.5, 0.6) is 0 Å². The van der Waals surface area contributed by atoms with Gasteiger partial charge in [-0.15, -0.1) is 0 Å². The summed E-state index contributed by atoms with van der Waals surface area (Å²) < 4.78 is 0. The van der Waals surface area contributed by atoms with E-state index in [0.29, 0.717) is 36.8 Å². The molecule has 0 aliphatic carbocycles. The summed E-state index contributed by atoms with van der Waals surface area (Å²) in [5, 5.41) is 14.1. The molecule has 138 valence electrons. The normalized spacial score (nSPS) is 24.6. The third kappa shape index (κ3) is 3.31. The van der Waals surface area contributed by atoms with E-state index in [2.05, 4.69) is 20.8 Å². The Bertz CT molecular complexity index is 805. The minimum Gasteiger partial charge on any atom is -0.350 e. The lowest BCUT2D eigenvalue weighted by atomic mass is 9.98. The topological polar surface area (TPSA) is 90.1 Å². The lowest BCUT2D eigenvalue weighted by Crippen LogP contribution is -2.49. The van der Waals surface area contributed by atoms with E-state index in [1.807, 2.05) is 36.2 Å². The van der Waals surface area contributed by atoms with Crippen molar-refractivity contribution in [1.82, 2.24) is 25.7 Å². The van der Waals surface area contributed by atoms with Crippen molar-refractivity contribution in [3.05, 3.63) is 30.0 Å². The van der Waals surface area contributed by atoms with Crippen molar-refractivity contribution in [3.63, 3.8) is 0 Å². The van der Waals surface area contributed by atoms with Gasteiger partial charge in [0.25, 0.3) is 5.91 Å². The highest BCUT2D eigenvalue weighted by atomic mass is 16.2. The van der Waals surface area contributed by atoms with Gasteiger partial charge in [0.05, 0.1) is 5.52 Å². The number of fused-ring (bicyclic) bond motifs is 3. The molecule has 26 heavy (non-hydrogen) atoms. The third-order valence-electron chi connectivity index (χ3n) is 5.70. The summed E-state index contributed by atoms with van der Waals surface area (Å²) in [6.07, 6.45) is 4.81. The SMILES string of the molecule is CN(C(=O)CCNC(=O)c1n[nH]c2ccccc12)C1CC2CCC(C1)N2. The van der Waals surface area contributed by atoms with Crippen LogP contribution in [0.15, 0.2) is 24.3 Å². The van der Waals surface area contributed by atoms with Crippen LogP contribution in [0.4, 0.5) is 0 Å².